The molecule has 66 valence electrons. The first-order valence-electron chi connectivity index (χ1n) is 4.41. The Morgan fingerprint density at radius 2 is 1.83 bits per heavy atom. The summed E-state index contributed by atoms with van der Waals surface area (Å²) in [6.45, 7) is 4.37. The first-order chi connectivity index (χ1) is 5.74. The fourth-order valence-electron chi connectivity index (χ4n) is 1.26. The molecule has 0 aliphatic rings. The lowest BCUT2D eigenvalue weighted by atomic mass is 9.98. The van der Waals surface area contributed by atoms with Crippen LogP contribution in [-0.2, 0) is 0 Å². The van der Waals surface area contributed by atoms with E-state index in [2.05, 4.69) is 50.7 Å². The van der Waals surface area contributed by atoms with Gasteiger partial charge in [0, 0.05) is 0 Å². The lowest BCUT2D eigenvalue weighted by molar-refractivity contribution is 0.742. The molecule has 1 aromatic carbocycles. The Morgan fingerprint density at radius 1 is 1.25 bits per heavy atom. The molecule has 1 aromatic rings. The number of hydrogen-bond donors (Lipinski definition) is 1. The van der Waals surface area contributed by atoms with Crippen LogP contribution in [0, 0.1) is 6.92 Å². The smallest absolute Gasteiger partial charge is 0.00922 e. The Balaban J connectivity index is 2.68. The highest BCUT2D eigenvalue weighted by molar-refractivity contribution is 7.80. The summed E-state index contributed by atoms with van der Waals surface area (Å²) in [7, 11) is 0. The van der Waals surface area contributed by atoms with E-state index in [0.29, 0.717) is 5.92 Å². The van der Waals surface area contributed by atoms with Crippen LogP contribution in [0.1, 0.15) is 30.4 Å². The third-order valence-electron chi connectivity index (χ3n) is 2.21. The molecule has 0 saturated heterocycles. The summed E-state index contributed by atoms with van der Waals surface area (Å²) in [5.41, 5.74) is 2.76. The Bertz CT molecular complexity index is 225. The molecule has 1 rings (SSSR count). The second-order valence-electron chi connectivity index (χ2n) is 3.32. The molecule has 0 radical (unpaired) electrons. The topological polar surface area (TPSA) is 0 Å². The summed E-state index contributed by atoms with van der Waals surface area (Å²) in [4.78, 5) is 0. The molecule has 0 fully saturated rings. The van der Waals surface area contributed by atoms with Gasteiger partial charge in [0.1, 0.15) is 0 Å². The van der Waals surface area contributed by atoms with Crippen LogP contribution in [0.4, 0.5) is 0 Å². The number of benzene rings is 1. The highest BCUT2D eigenvalue weighted by Crippen LogP contribution is 2.19. The number of aryl methyl sites for hydroxylation is 1. The van der Waals surface area contributed by atoms with Gasteiger partial charge < -0.3 is 0 Å². The summed E-state index contributed by atoms with van der Waals surface area (Å²) in [6, 6.07) is 8.77. The van der Waals surface area contributed by atoms with Crippen molar-refractivity contribution in [2.24, 2.45) is 0 Å². The standard InChI is InChI=1S/C11H16S/c1-9-3-5-11(6-4-9)10(2)7-8-12/h3-6,10,12H,7-8H2,1-2H3. The van der Waals surface area contributed by atoms with Crippen molar-refractivity contribution in [2.45, 2.75) is 26.2 Å². The molecule has 0 N–H and O–H groups in total. The summed E-state index contributed by atoms with van der Waals surface area (Å²) < 4.78 is 0. The summed E-state index contributed by atoms with van der Waals surface area (Å²) >= 11 is 4.23. The van der Waals surface area contributed by atoms with Crippen LogP contribution in [0.5, 0.6) is 0 Å². The molecule has 0 heterocycles. The van der Waals surface area contributed by atoms with Crippen LogP contribution >= 0.6 is 12.6 Å². The molecular weight excluding hydrogens is 164 g/mol. The Hall–Kier alpha value is -0.430. The third-order valence-corrected chi connectivity index (χ3v) is 2.47. The zero-order chi connectivity index (χ0) is 8.97. The second kappa shape index (κ2) is 4.56. The molecule has 0 aliphatic carbocycles. The average molecular weight is 180 g/mol. The van der Waals surface area contributed by atoms with Crippen LogP contribution in [0.2, 0.25) is 0 Å². The Kier molecular flexibility index (Phi) is 3.67. The predicted octanol–water partition coefficient (Wildman–Crippen LogP) is 3.42. The zero-order valence-electron chi connectivity index (χ0n) is 7.75. The van der Waals surface area contributed by atoms with Gasteiger partial charge in [-0.1, -0.05) is 36.8 Å². The minimum Gasteiger partial charge on any atom is -0.179 e. The van der Waals surface area contributed by atoms with E-state index in [4.69, 9.17) is 0 Å². The van der Waals surface area contributed by atoms with E-state index in [1.165, 1.54) is 11.1 Å². The molecule has 12 heavy (non-hydrogen) atoms. The van der Waals surface area contributed by atoms with Crippen LogP contribution in [0.3, 0.4) is 0 Å². The van der Waals surface area contributed by atoms with E-state index in [1.807, 2.05) is 0 Å². The van der Waals surface area contributed by atoms with Gasteiger partial charge in [-0.3, -0.25) is 0 Å². The SMILES string of the molecule is Cc1ccc(C(C)CCS)cc1. The van der Waals surface area contributed by atoms with E-state index in [9.17, 15) is 0 Å². The van der Waals surface area contributed by atoms with Crippen LogP contribution in [-0.4, -0.2) is 5.75 Å². The van der Waals surface area contributed by atoms with Crippen molar-refractivity contribution in [1.29, 1.82) is 0 Å². The molecule has 1 unspecified atom stereocenters. The first-order valence-corrected chi connectivity index (χ1v) is 5.04. The van der Waals surface area contributed by atoms with E-state index < -0.39 is 0 Å². The Labute approximate surface area is 80.4 Å². The van der Waals surface area contributed by atoms with Crippen molar-refractivity contribution in [3.8, 4) is 0 Å². The van der Waals surface area contributed by atoms with Gasteiger partial charge in [0.2, 0.25) is 0 Å². The monoisotopic (exact) mass is 180 g/mol. The van der Waals surface area contributed by atoms with E-state index >= 15 is 0 Å². The minimum absolute atomic E-state index is 0.642. The molecule has 1 atom stereocenters. The van der Waals surface area contributed by atoms with Crippen molar-refractivity contribution in [1.82, 2.24) is 0 Å². The van der Waals surface area contributed by atoms with Gasteiger partial charge in [0.25, 0.3) is 0 Å². The van der Waals surface area contributed by atoms with Gasteiger partial charge in [-0.05, 0) is 30.6 Å². The third kappa shape index (κ3) is 2.56. The van der Waals surface area contributed by atoms with Crippen LogP contribution in [0.15, 0.2) is 24.3 Å². The molecule has 0 saturated carbocycles. The van der Waals surface area contributed by atoms with Gasteiger partial charge in [-0.25, -0.2) is 0 Å². The number of hydrogen-bond acceptors (Lipinski definition) is 1. The maximum absolute atomic E-state index is 4.23. The van der Waals surface area contributed by atoms with Crippen molar-refractivity contribution in [2.75, 3.05) is 5.75 Å². The van der Waals surface area contributed by atoms with E-state index in [1.54, 1.807) is 0 Å². The number of thiol groups is 1. The minimum atomic E-state index is 0.642. The zero-order valence-corrected chi connectivity index (χ0v) is 8.64. The van der Waals surface area contributed by atoms with Crippen LogP contribution in [0.25, 0.3) is 0 Å². The molecule has 0 bridgehead atoms. The van der Waals surface area contributed by atoms with Gasteiger partial charge in [-0.2, -0.15) is 12.6 Å². The lowest BCUT2D eigenvalue weighted by Gasteiger charge is -2.09. The average Bonchev–Trinajstić information content (AvgIpc) is 2.06. The maximum atomic E-state index is 4.23. The fraction of sp³-hybridized carbons (Fsp3) is 0.455. The molecular formula is C11H16S. The molecule has 0 amide bonds. The van der Waals surface area contributed by atoms with E-state index in [0.717, 1.165) is 12.2 Å². The summed E-state index contributed by atoms with van der Waals surface area (Å²) in [5.74, 6) is 1.61. The Morgan fingerprint density at radius 3 is 2.33 bits per heavy atom. The van der Waals surface area contributed by atoms with Gasteiger partial charge in [0.05, 0.1) is 0 Å². The fourth-order valence-corrected chi connectivity index (χ4v) is 1.64. The molecule has 0 nitrogen and oxygen atoms in total. The highest BCUT2D eigenvalue weighted by atomic mass is 32.1. The number of rotatable bonds is 3. The van der Waals surface area contributed by atoms with Crippen molar-refractivity contribution in [3.63, 3.8) is 0 Å². The highest BCUT2D eigenvalue weighted by Gasteiger charge is 2.02. The summed E-state index contributed by atoms with van der Waals surface area (Å²) in [5, 5.41) is 0. The largest absolute Gasteiger partial charge is 0.179 e. The molecule has 0 aliphatic heterocycles. The normalized spacial score (nSPS) is 12.9. The van der Waals surface area contributed by atoms with Gasteiger partial charge in [0.15, 0.2) is 0 Å². The summed E-state index contributed by atoms with van der Waals surface area (Å²) in [6.07, 6.45) is 1.16. The predicted molar refractivity (Wildman–Crippen MR) is 58.1 cm³/mol. The molecule has 0 aromatic heterocycles. The molecule has 1 heteroatoms. The van der Waals surface area contributed by atoms with Crippen molar-refractivity contribution in [3.05, 3.63) is 35.4 Å². The first kappa shape index (κ1) is 9.66. The lowest BCUT2D eigenvalue weighted by Crippen LogP contribution is -1.93. The second-order valence-corrected chi connectivity index (χ2v) is 3.77. The van der Waals surface area contributed by atoms with Gasteiger partial charge in [-0.15, -0.1) is 0 Å². The van der Waals surface area contributed by atoms with Gasteiger partial charge >= 0.3 is 0 Å². The maximum Gasteiger partial charge on any atom is -0.00922 e. The van der Waals surface area contributed by atoms with E-state index in [-0.39, 0.29) is 0 Å². The van der Waals surface area contributed by atoms with Crippen molar-refractivity contribution < 1.29 is 0 Å². The quantitative estimate of drug-likeness (QED) is 0.677. The molecule has 0 spiro atoms. The van der Waals surface area contributed by atoms with Crippen LogP contribution < -0.4 is 0 Å². The van der Waals surface area contributed by atoms with Crippen molar-refractivity contribution >= 4 is 12.6 Å².